The van der Waals surface area contributed by atoms with Gasteiger partial charge in [0.1, 0.15) is 17.0 Å². The number of methoxy groups -OCH3 is 2. The lowest BCUT2D eigenvalue weighted by Gasteiger charge is -2.36. The Bertz CT molecular complexity index is 1350. The van der Waals surface area contributed by atoms with Gasteiger partial charge < -0.3 is 30.3 Å². The number of urea groups is 2. The first kappa shape index (κ1) is 33.5. The van der Waals surface area contributed by atoms with Crippen LogP contribution >= 0.6 is 12.4 Å². The lowest BCUT2D eigenvalue weighted by atomic mass is 9.87. The van der Waals surface area contributed by atoms with E-state index in [1.54, 1.807) is 0 Å². The van der Waals surface area contributed by atoms with Crippen LogP contribution in [0.2, 0.25) is 0 Å². The lowest BCUT2D eigenvalue weighted by Crippen LogP contribution is -2.54. The van der Waals surface area contributed by atoms with Gasteiger partial charge in [0.15, 0.2) is 5.78 Å². The average Bonchev–Trinajstić information content (AvgIpc) is 3.23. The number of Topliss-reactive ketones (excluding diaryl/α,β-unsaturated/α-hetero) is 1. The molecule has 2 aromatic rings. The second kappa shape index (κ2) is 14.0. The van der Waals surface area contributed by atoms with E-state index in [9.17, 15) is 32.3 Å². The Morgan fingerprint density at radius 1 is 0.977 bits per heavy atom. The van der Waals surface area contributed by atoms with Crippen molar-refractivity contribution in [2.24, 2.45) is 0 Å². The molecule has 2 saturated heterocycles. The molecule has 234 valence electrons. The number of amides is 5. The summed E-state index contributed by atoms with van der Waals surface area (Å²) in [5, 5.41) is 10.1. The Balaban J connectivity index is 0.00000506. The highest BCUT2D eigenvalue weighted by Crippen LogP contribution is 2.35. The van der Waals surface area contributed by atoms with Gasteiger partial charge in [-0.05, 0) is 62.6 Å². The number of nitrogens with one attached hydrogen (secondary N) is 4. The molecule has 5 amide bonds. The van der Waals surface area contributed by atoms with E-state index in [4.69, 9.17) is 9.47 Å². The molecule has 0 bridgehead atoms. The number of alkyl halides is 3. The van der Waals surface area contributed by atoms with Crippen molar-refractivity contribution in [2.45, 2.75) is 43.8 Å². The Morgan fingerprint density at radius 3 is 2.19 bits per heavy atom. The number of carbonyl (C=O) groups excluding carboxylic acids is 4. The maximum absolute atomic E-state index is 13.1. The van der Waals surface area contributed by atoms with Crippen LogP contribution in [0, 0.1) is 0 Å². The van der Waals surface area contributed by atoms with E-state index in [1.165, 1.54) is 26.4 Å². The molecule has 2 heterocycles. The van der Waals surface area contributed by atoms with E-state index in [2.05, 4.69) is 26.2 Å². The van der Waals surface area contributed by atoms with Crippen LogP contribution in [0.5, 0.6) is 11.5 Å². The summed E-state index contributed by atoms with van der Waals surface area (Å²) in [5.74, 6) is 0.00508. The number of ether oxygens (including phenoxy) is 2. The second-order valence-electron chi connectivity index (χ2n) is 10.1. The fraction of sp³-hybridized carbons (Fsp3) is 0.429. The molecular weight excluding hydrogens is 595 g/mol. The third-order valence-corrected chi connectivity index (χ3v) is 7.39. The second-order valence-corrected chi connectivity index (χ2v) is 10.1. The van der Waals surface area contributed by atoms with Crippen molar-refractivity contribution in [3.63, 3.8) is 0 Å². The number of halogens is 4. The van der Waals surface area contributed by atoms with Gasteiger partial charge >= 0.3 is 18.2 Å². The first-order valence-corrected chi connectivity index (χ1v) is 13.3. The zero-order valence-electron chi connectivity index (χ0n) is 23.6. The van der Waals surface area contributed by atoms with E-state index in [0.717, 1.165) is 37.2 Å². The van der Waals surface area contributed by atoms with Crippen molar-refractivity contribution in [2.75, 3.05) is 44.5 Å². The van der Waals surface area contributed by atoms with Gasteiger partial charge in [0.25, 0.3) is 5.91 Å². The van der Waals surface area contributed by atoms with Gasteiger partial charge in [-0.1, -0.05) is 0 Å². The van der Waals surface area contributed by atoms with Gasteiger partial charge in [-0.25, -0.2) is 9.59 Å². The Hall–Kier alpha value is -4.04. The number of anilines is 2. The van der Waals surface area contributed by atoms with Gasteiger partial charge in [0, 0.05) is 31.3 Å². The van der Waals surface area contributed by atoms with Gasteiger partial charge in [0.2, 0.25) is 0 Å². The van der Waals surface area contributed by atoms with Crippen molar-refractivity contribution < 1.29 is 41.8 Å². The summed E-state index contributed by atoms with van der Waals surface area (Å²) >= 11 is 0. The minimum atomic E-state index is -4.49. The highest BCUT2D eigenvalue weighted by atomic mass is 35.5. The number of imide groups is 1. The predicted octanol–water partition coefficient (Wildman–Crippen LogP) is 4.82. The minimum absolute atomic E-state index is 0. The van der Waals surface area contributed by atoms with Gasteiger partial charge in [-0.15, -0.1) is 12.4 Å². The molecule has 4 rings (SSSR count). The number of rotatable bonds is 10. The van der Waals surface area contributed by atoms with Crippen molar-refractivity contribution in [3.8, 4) is 11.5 Å². The third kappa shape index (κ3) is 8.08. The number of carbonyl (C=O) groups is 4. The molecule has 0 unspecified atom stereocenters. The Kier molecular flexibility index (Phi) is 10.9. The van der Waals surface area contributed by atoms with Crippen LogP contribution < -0.4 is 30.7 Å². The molecule has 15 heteroatoms. The predicted molar refractivity (Wildman–Crippen MR) is 154 cm³/mol. The third-order valence-electron chi connectivity index (χ3n) is 7.39. The highest BCUT2D eigenvalue weighted by Gasteiger charge is 2.47. The van der Waals surface area contributed by atoms with Crippen LogP contribution in [0.4, 0.5) is 34.1 Å². The summed E-state index contributed by atoms with van der Waals surface area (Å²) in [5.41, 5.74) is -1.10. The van der Waals surface area contributed by atoms with E-state index >= 15 is 0 Å². The molecule has 0 radical (unpaired) electrons. The maximum Gasteiger partial charge on any atom is 0.416 e. The zero-order chi connectivity index (χ0) is 30.5. The molecule has 0 aliphatic carbocycles. The molecule has 11 nitrogen and oxygen atoms in total. The van der Waals surface area contributed by atoms with Crippen LogP contribution in [-0.2, 0) is 11.0 Å². The Morgan fingerprint density at radius 2 is 1.63 bits per heavy atom. The van der Waals surface area contributed by atoms with Crippen LogP contribution in [0.1, 0.15) is 48.0 Å². The molecule has 0 aromatic heterocycles. The highest BCUT2D eigenvalue weighted by molar-refractivity contribution is 6.07. The summed E-state index contributed by atoms with van der Waals surface area (Å²) < 4.78 is 49.1. The van der Waals surface area contributed by atoms with Gasteiger partial charge in [-0.3, -0.25) is 14.9 Å². The number of piperidine rings is 1. The molecule has 4 N–H and O–H groups in total. The zero-order valence-corrected chi connectivity index (χ0v) is 24.4. The van der Waals surface area contributed by atoms with Gasteiger partial charge in [0.05, 0.1) is 31.0 Å². The average molecular weight is 628 g/mol. The SMILES string of the molecule is COc1cc(OC)c(C(=O)CCCCN2CCC3(CC2)NC(=O)NC3=O)cc1NC(=O)Nc1ccc(C(F)(F)F)cc1.Cl. The number of nitrogens with zero attached hydrogens (tertiary/aromatic N) is 1. The smallest absolute Gasteiger partial charge is 0.416 e. The van der Waals surface area contributed by atoms with E-state index < -0.39 is 29.3 Å². The number of hydrogen-bond acceptors (Lipinski definition) is 7. The van der Waals surface area contributed by atoms with Crippen molar-refractivity contribution in [3.05, 3.63) is 47.5 Å². The number of ketones is 1. The van der Waals surface area contributed by atoms with Crippen molar-refractivity contribution >= 4 is 47.5 Å². The summed E-state index contributed by atoms with van der Waals surface area (Å²) in [6.45, 7) is 2.03. The first-order valence-electron chi connectivity index (χ1n) is 13.3. The molecular formula is C28H33ClF3N5O6. The van der Waals surface area contributed by atoms with Crippen molar-refractivity contribution in [1.82, 2.24) is 15.5 Å². The fourth-order valence-electron chi connectivity index (χ4n) is 5.04. The van der Waals surface area contributed by atoms with Crippen LogP contribution in [0.25, 0.3) is 0 Å². The summed E-state index contributed by atoms with van der Waals surface area (Å²) in [4.78, 5) is 51.5. The minimum Gasteiger partial charge on any atom is -0.496 e. The van der Waals surface area contributed by atoms with Crippen LogP contribution in [0.15, 0.2) is 36.4 Å². The fourth-order valence-corrected chi connectivity index (χ4v) is 5.04. The lowest BCUT2D eigenvalue weighted by molar-refractivity contribution is -0.137. The molecule has 43 heavy (non-hydrogen) atoms. The first-order chi connectivity index (χ1) is 19.9. The van der Waals surface area contributed by atoms with Crippen molar-refractivity contribution in [1.29, 1.82) is 0 Å². The quantitative estimate of drug-likeness (QED) is 0.168. The number of benzene rings is 2. The van der Waals surface area contributed by atoms with Gasteiger partial charge in [-0.2, -0.15) is 13.2 Å². The molecule has 0 saturated carbocycles. The number of unbranched alkanes of at least 4 members (excludes halogenated alkanes) is 1. The van der Waals surface area contributed by atoms with E-state index in [0.29, 0.717) is 32.4 Å². The largest absolute Gasteiger partial charge is 0.496 e. The van der Waals surface area contributed by atoms with E-state index in [-0.39, 0.29) is 59.0 Å². The van der Waals surface area contributed by atoms with Crippen LogP contribution in [0.3, 0.4) is 0 Å². The number of likely N-dealkylation sites (tertiary alicyclic amines) is 1. The topological polar surface area (TPSA) is 138 Å². The summed E-state index contributed by atoms with van der Waals surface area (Å²) in [6, 6.07) is 5.70. The summed E-state index contributed by atoms with van der Waals surface area (Å²) in [6.07, 6.45) is -1.91. The maximum atomic E-state index is 13.1. The number of hydrogen-bond donors (Lipinski definition) is 4. The Labute approximate surface area is 252 Å². The molecule has 2 fully saturated rings. The normalized spacial score (nSPS) is 16.1. The molecule has 0 atom stereocenters. The molecule has 1 spiro atoms. The summed E-state index contributed by atoms with van der Waals surface area (Å²) in [7, 11) is 2.79. The molecule has 2 aliphatic heterocycles. The van der Waals surface area contributed by atoms with E-state index in [1.807, 2.05) is 0 Å². The molecule has 2 aliphatic rings. The molecule has 2 aromatic carbocycles. The van der Waals surface area contributed by atoms with Crippen LogP contribution in [-0.4, -0.2) is 68.0 Å². The standard InChI is InChI=1S/C28H32F3N5O6.ClH/c1-41-22-16-23(42-2)20(33-25(39)32-18-8-6-17(7-9-18)28(29,30)31)15-19(22)21(37)5-3-4-12-36-13-10-27(11-14-36)24(38)34-26(40)35-27;/h6-9,15-16H,3-5,10-14H2,1-2H3,(H2,32,33,39)(H2,34,35,38,40);1H. The monoisotopic (exact) mass is 627 g/mol.